The summed E-state index contributed by atoms with van der Waals surface area (Å²) in [6.45, 7) is 6.78. The summed E-state index contributed by atoms with van der Waals surface area (Å²) < 4.78 is 12.4. The van der Waals surface area contributed by atoms with Crippen LogP contribution in [0.15, 0.2) is 24.3 Å². The van der Waals surface area contributed by atoms with Gasteiger partial charge in [0.05, 0.1) is 6.10 Å². The summed E-state index contributed by atoms with van der Waals surface area (Å²) in [6, 6.07) is 0. The third-order valence-electron chi connectivity index (χ3n) is 5.75. The van der Waals surface area contributed by atoms with Crippen molar-refractivity contribution >= 4 is 14.3 Å². The van der Waals surface area contributed by atoms with Gasteiger partial charge in [0.1, 0.15) is 6.10 Å². The molecule has 6 atom stereocenters. The van der Waals surface area contributed by atoms with E-state index in [0.717, 1.165) is 12.8 Å². The zero-order valence-electron chi connectivity index (χ0n) is 13.0. The minimum Gasteiger partial charge on any atom is -0.457 e. The molecule has 4 heteroatoms. The second-order valence-corrected chi connectivity index (χ2v) is 12.4. The predicted molar refractivity (Wildman–Crippen MR) is 83.1 cm³/mol. The molecule has 1 saturated carbocycles. The average Bonchev–Trinajstić information content (AvgIpc) is 2.91. The molecule has 1 spiro atoms. The number of hydrogen-bond donors (Lipinski definition) is 0. The van der Waals surface area contributed by atoms with Crippen LogP contribution < -0.4 is 0 Å². The molecule has 1 saturated heterocycles. The lowest BCUT2D eigenvalue weighted by Crippen LogP contribution is -2.55. The molecule has 1 aliphatic heterocycles. The summed E-state index contributed by atoms with van der Waals surface area (Å²) >= 11 is 0. The fourth-order valence-corrected chi connectivity index (χ4v) is 6.25. The molecule has 114 valence electrons. The number of carbonyl (C=O) groups is 1. The molecule has 2 fully saturated rings. The van der Waals surface area contributed by atoms with Crippen LogP contribution in [-0.2, 0) is 14.0 Å². The van der Waals surface area contributed by atoms with Crippen molar-refractivity contribution in [2.75, 3.05) is 0 Å². The minimum atomic E-state index is -1.63. The lowest BCUT2D eigenvalue weighted by atomic mass is 9.65. The van der Waals surface area contributed by atoms with Gasteiger partial charge >= 0.3 is 5.97 Å². The lowest BCUT2D eigenvalue weighted by Gasteiger charge is -2.49. The highest BCUT2D eigenvalue weighted by molar-refractivity contribution is 6.69. The third kappa shape index (κ3) is 1.85. The topological polar surface area (TPSA) is 35.5 Å². The molecule has 0 radical (unpaired) electrons. The molecule has 3 nitrogen and oxygen atoms in total. The summed E-state index contributed by atoms with van der Waals surface area (Å²) in [6.07, 6.45) is 11.9. The first-order valence-corrected chi connectivity index (χ1v) is 11.5. The van der Waals surface area contributed by atoms with Gasteiger partial charge in [0.2, 0.25) is 0 Å². The standard InChI is InChI=1S/C17H24O3Si/c1-21(2,3)20-16-12-7-8-14-17(16,10-9-15(18)19-14)13-6-4-5-11(12)13/h4,6-8,11-14,16H,5,9-10H2,1-3H3. The maximum Gasteiger partial charge on any atom is 0.306 e. The SMILES string of the molecule is C[Si](C)(C)OC1C2C=CC3OC(=O)CCC31C1C=CCC21. The van der Waals surface area contributed by atoms with Crippen molar-refractivity contribution in [3.8, 4) is 0 Å². The molecular weight excluding hydrogens is 280 g/mol. The van der Waals surface area contributed by atoms with Crippen LogP contribution >= 0.6 is 0 Å². The molecule has 0 aromatic rings. The number of esters is 1. The largest absolute Gasteiger partial charge is 0.457 e. The van der Waals surface area contributed by atoms with Crippen molar-refractivity contribution in [2.24, 2.45) is 23.2 Å². The Kier molecular flexibility index (Phi) is 2.83. The summed E-state index contributed by atoms with van der Waals surface area (Å²) in [4.78, 5) is 11.8. The Morgan fingerprint density at radius 1 is 1.29 bits per heavy atom. The van der Waals surface area contributed by atoms with E-state index in [1.54, 1.807) is 0 Å². The molecule has 0 amide bonds. The average molecular weight is 304 g/mol. The number of carbonyl (C=O) groups excluding carboxylic acids is 1. The van der Waals surface area contributed by atoms with Crippen LogP contribution in [0, 0.1) is 23.2 Å². The van der Waals surface area contributed by atoms with Crippen molar-refractivity contribution in [3.05, 3.63) is 24.3 Å². The second-order valence-electron chi connectivity index (χ2n) is 7.99. The Balaban J connectivity index is 1.79. The van der Waals surface area contributed by atoms with Crippen molar-refractivity contribution in [3.63, 3.8) is 0 Å². The molecule has 1 heterocycles. The zero-order chi connectivity index (χ0) is 14.8. The molecule has 4 aliphatic rings. The molecule has 6 unspecified atom stereocenters. The molecule has 0 aromatic heterocycles. The zero-order valence-corrected chi connectivity index (χ0v) is 14.0. The van der Waals surface area contributed by atoms with Gasteiger partial charge in [0.25, 0.3) is 0 Å². The molecule has 3 aliphatic carbocycles. The van der Waals surface area contributed by atoms with Gasteiger partial charge in [-0.05, 0) is 50.4 Å². The normalized spacial score (nSPS) is 47.2. The van der Waals surface area contributed by atoms with Crippen LogP contribution in [0.3, 0.4) is 0 Å². The first-order chi connectivity index (χ1) is 9.92. The van der Waals surface area contributed by atoms with E-state index in [1.807, 2.05) is 0 Å². The van der Waals surface area contributed by atoms with Crippen molar-refractivity contribution in [1.29, 1.82) is 0 Å². The molecule has 0 aromatic carbocycles. The summed E-state index contributed by atoms with van der Waals surface area (Å²) in [5.41, 5.74) is -0.00866. The Morgan fingerprint density at radius 3 is 2.86 bits per heavy atom. The molecule has 2 bridgehead atoms. The molecule has 21 heavy (non-hydrogen) atoms. The summed E-state index contributed by atoms with van der Waals surface area (Å²) in [5.74, 6) is 1.59. The number of ether oxygens (including phenoxy) is 1. The van der Waals surface area contributed by atoms with Crippen molar-refractivity contribution < 1.29 is 14.0 Å². The van der Waals surface area contributed by atoms with E-state index in [2.05, 4.69) is 43.9 Å². The van der Waals surface area contributed by atoms with Crippen LogP contribution in [0.4, 0.5) is 0 Å². The van der Waals surface area contributed by atoms with Gasteiger partial charge in [-0.15, -0.1) is 0 Å². The second kappa shape index (κ2) is 4.32. The van der Waals surface area contributed by atoms with Gasteiger partial charge < -0.3 is 9.16 Å². The molecular formula is C17H24O3Si. The van der Waals surface area contributed by atoms with Gasteiger partial charge in [-0.1, -0.05) is 18.2 Å². The number of fused-ring (bicyclic) bond motifs is 3. The van der Waals surface area contributed by atoms with E-state index in [0.29, 0.717) is 24.2 Å². The third-order valence-corrected chi connectivity index (χ3v) is 6.71. The van der Waals surface area contributed by atoms with Crippen molar-refractivity contribution in [2.45, 2.75) is 51.1 Å². The summed E-state index contributed by atoms with van der Waals surface area (Å²) in [5, 5.41) is 0. The van der Waals surface area contributed by atoms with E-state index in [4.69, 9.17) is 9.16 Å². The van der Waals surface area contributed by atoms with Crippen LogP contribution in [0.25, 0.3) is 0 Å². The Hall–Kier alpha value is -0.873. The summed E-state index contributed by atoms with van der Waals surface area (Å²) in [7, 11) is -1.63. The van der Waals surface area contributed by atoms with Crippen LogP contribution in [0.5, 0.6) is 0 Å². The molecule has 0 N–H and O–H groups in total. The highest BCUT2D eigenvalue weighted by atomic mass is 28.4. The smallest absolute Gasteiger partial charge is 0.306 e. The Labute approximate surface area is 127 Å². The van der Waals surface area contributed by atoms with Gasteiger partial charge in [-0.3, -0.25) is 4.79 Å². The lowest BCUT2D eigenvalue weighted by molar-refractivity contribution is -0.172. The monoisotopic (exact) mass is 304 g/mol. The van der Waals surface area contributed by atoms with E-state index in [9.17, 15) is 4.79 Å². The fourth-order valence-electron chi connectivity index (χ4n) is 5.11. The van der Waals surface area contributed by atoms with E-state index in [-0.39, 0.29) is 23.6 Å². The predicted octanol–water partition coefficient (Wildman–Crippen LogP) is 3.29. The molecule has 4 rings (SSSR count). The van der Waals surface area contributed by atoms with E-state index in [1.165, 1.54) is 0 Å². The number of allylic oxidation sites excluding steroid dienone is 2. The quantitative estimate of drug-likeness (QED) is 0.446. The number of hydrogen-bond acceptors (Lipinski definition) is 3. The van der Waals surface area contributed by atoms with Crippen molar-refractivity contribution in [1.82, 2.24) is 0 Å². The van der Waals surface area contributed by atoms with E-state index >= 15 is 0 Å². The van der Waals surface area contributed by atoms with E-state index < -0.39 is 8.32 Å². The Bertz CT molecular complexity index is 533. The van der Waals surface area contributed by atoms with Crippen LogP contribution in [0.2, 0.25) is 19.6 Å². The Morgan fingerprint density at radius 2 is 2.10 bits per heavy atom. The highest BCUT2D eigenvalue weighted by Gasteiger charge is 2.66. The van der Waals surface area contributed by atoms with Crippen LogP contribution in [0.1, 0.15) is 19.3 Å². The van der Waals surface area contributed by atoms with Gasteiger partial charge in [-0.25, -0.2) is 0 Å². The maximum atomic E-state index is 11.8. The van der Waals surface area contributed by atoms with Crippen LogP contribution in [-0.4, -0.2) is 26.5 Å². The maximum absolute atomic E-state index is 11.8. The fraction of sp³-hybridized carbons (Fsp3) is 0.706. The van der Waals surface area contributed by atoms with Gasteiger partial charge in [0.15, 0.2) is 8.32 Å². The first-order valence-electron chi connectivity index (χ1n) is 8.14. The van der Waals surface area contributed by atoms with Gasteiger partial charge in [0, 0.05) is 17.8 Å². The minimum absolute atomic E-state index is 0.00866. The highest BCUT2D eigenvalue weighted by Crippen LogP contribution is 2.64. The first kappa shape index (κ1) is 13.8. The van der Waals surface area contributed by atoms with Gasteiger partial charge in [-0.2, -0.15) is 0 Å². The number of rotatable bonds is 2.